The van der Waals surface area contributed by atoms with Gasteiger partial charge in [-0.15, -0.1) is 11.3 Å². The van der Waals surface area contributed by atoms with E-state index in [0.29, 0.717) is 5.02 Å². The molecule has 2 rings (SSSR count). The van der Waals surface area contributed by atoms with Crippen molar-refractivity contribution < 1.29 is 8.42 Å². The highest BCUT2D eigenvalue weighted by atomic mass is 35.5. The van der Waals surface area contributed by atoms with Gasteiger partial charge >= 0.3 is 0 Å². The second kappa shape index (κ2) is 5.51. The maximum absolute atomic E-state index is 11.8. The van der Waals surface area contributed by atoms with Crippen LogP contribution in [0.5, 0.6) is 0 Å². The zero-order chi connectivity index (χ0) is 13.0. The van der Waals surface area contributed by atoms with E-state index in [4.69, 9.17) is 11.6 Å². The van der Waals surface area contributed by atoms with Gasteiger partial charge in [-0.05, 0) is 35.7 Å². The van der Waals surface area contributed by atoms with E-state index < -0.39 is 10.0 Å². The van der Waals surface area contributed by atoms with Crippen molar-refractivity contribution in [2.75, 3.05) is 0 Å². The lowest BCUT2D eigenvalue weighted by atomic mass is 10.4. The highest BCUT2D eigenvalue weighted by Gasteiger charge is 2.11. The van der Waals surface area contributed by atoms with Gasteiger partial charge in [-0.3, -0.25) is 0 Å². The average molecular weight is 301 g/mol. The number of sulfonamides is 1. The van der Waals surface area contributed by atoms with Gasteiger partial charge in [-0.1, -0.05) is 17.7 Å². The van der Waals surface area contributed by atoms with Crippen LogP contribution >= 0.6 is 22.9 Å². The Morgan fingerprint density at radius 1 is 1.22 bits per heavy atom. The first-order valence-electron chi connectivity index (χ1n) is 4.92. The van der Waals surface area contributed by atoms with Crippen LogP contribution in [-0.2, 0) is 10.0 Å². The molecule has 0 saturated heterocycles. The van der Waals surface area contributed by atoms with Crippen molar-refractivity contribution in [3.05, 3.63) is 51.7 Å². The van der Waals surface area contributed by atoms with Crippen LogP contribution in [-0.4, -0.2) is 14.6 Å². The highest BCUT2D eigenvalue weighted by Crippen LogP contribution is 2.13. The van der Waals surface area contributed by atoms with E-state index >= 15 is 0 Å². The summed E-state index contributed by atoms with van der Waals surface area (Å²) in [4.78, 5) is 3.13. The molecule has 1 N–H and O–H groups in total. The number of hydrazone groups is 1. The molecule has 0 bridgehead atoms. The summed E-state index contributed by atoms with van der Waals surface area (Å²) in [5.74, 6) is 0. The molecule has 0 radical (unpaired) electrons. The highest BCUT2D eigenvalue weighted by molar-refractivity contribution is 7.89. The van der Waals surface area contributed by atoms with E-state index in [-0.39, 0.29) is 4.90 Å². The smallest absolute Gasteiger partial charge is 0.200 e. The normalized spacial score (nSPS) is 11.8. The Kier molecular flexibility index (Phi) is 4.00. The molecule has 0 unspecified atom stereocenters. The molecule has 1 aromatic carbocycles. The second-order valence-corrected chi connectivity index (χ2v) is 6.40. The summed E-state index contributed by atoms with van der Waals surface area (Å²) in [6.45, 7) is 0. The van der Waals surface area contributed by atoms with Crippen LogP contribution in [0.25, 0.3) is 0 Å². The molecule has 18 heavy (non-hydrogen) atoms. The Labute approximate surface area is 114 Å². The molecular formula is C11H9ClN2O2S2. The summed E-state index contributed by atoms with van der Waals surface area (Å²) < 4.78 is 23.6. The minimum Gasteiger partial charge on any atom is -0.200 e. The minimum absolute atomic E-state index is 0.121. The molecule has 0 saturated carbocycles. The van der Waals surface area contributed by atoms with Crippen molar-refractivity contribution >= 4 is 39.2 Å². The first kappa shape index (κ1) is 13.1. The predicted octanol–water partition coefficient (Wildman–Crippen LogP) is 2.71. The maximum Gasteiger partial charge on any atom is 0.276 e. The monoisotopic (exact) mass is 300 g/mol. The van der Waals surface area contributed by atoms with E-state index in [9.17, 15) is 8.42 Å². The van der Waals surface area contributed by atoms with E-state index in [0.717, 1.165) is 4.88 Å². The molecule has 94 valence electrons. The minimum atomic E-state index is -3.63. The Bertz CT molecular complexity index is 634. The topological polar surface area (TPSA) is 58.5 Å². The van der Waals surface area contributed by atoms with Gasteiger partial charge in [0.25, 0.3) is 10.0 Å². The van der Waals surface area contributed by atoms with Crippen LogP contribution in [0.1, 0.15) is 4.88 Å². The quantitative estimate of drug-likeness (QED) is 0.697. The standard InChI is InChI=1S/C11H9ClN2O2S2/c12-9-3-5-11(6-4-9)18(15,16)14-13-8-10-2-1-7-17-10/h1-8,14H/b13-8-. The summed E-state index contributed by atoms with van der Waals surface area (Å²) in [5, 5.41) is 6.07. The molecule has 0 spiro atoms. The van der Waals surface area contributed by atoms with Gasteiger partial charge in [0, 0.05) is 9.90 Å². The maximum atomic E-state index is 11.8. The summed E-state index contributed by atoms with van der Waals surface area (Å²) in [6.07, 6.45) is 1.46. The lowest BCUT2D eigenvalue weighted by molar-refractivity contribution is 0.584. The van der Waals surface area contributed by atoms with Gasteiger partial charge in [-0.25, -0.2) is 4.83 Å². The Balaban J connectivity index is 2.10. The molecule has 0 atom stereocenters. The summed E-state index contributed by atoms with van der Waals surface area (Å²) in [5.41, 5.74) is 0. The summed E-state index contributed by atoms with van der Waals surface area (Å²) in [7, 11) is -3.63. The van der Waals surface area contributed by atoms with Crippen LogP contribution in [0.15, 0.2) is 51.8 Å². The molecular weight excluding hydrogens is 292 g/mol. The SMILES string of the molecule is O=S(=O)(N/N=C\c1cccs1)c1ccc(Cl)cc1. The molecule has 2 aromatic rings. The number of thiophene rings is 1. The van der Waals surface area contributed by atoms with Gasteiger partial charge in [0.1, 0.15) is 0 Å². The number of nitrogens with one attached hydrogen (secondary N) is 1. The Hall–Kier alpha value is -1.37. The fraction of sp³-hybridized carbons (Fsp3) is 0. The lowest BCUT2D eigenvalue weighted by Crippen LogP contribution is -2.18. The van der Waals surface area contributed by atoms with Crippen molar-refractivity contribution in [3.63, 3.8) is 0 Å². The zero-order valence-electron chi connectivity index (χ0n) is 9.08. The molecule has 1 aromatic heterocycles. The van der Waals surface area contributed by atoms with Crippen molar-refractivity contribution in [3.8, 4) is 0 Å². The van der Waals surface area contributed by atoms with Crippen molar-refractivity contribution in [2.24, 2.45) is 5.10 Å². The zero-order valence-corrected chi connectivity index (χ0v) is 11.5. The number of benzene rings is 1. The van der Waals surface area contributed by atoms with Crippen molar-refractivity contribution in [1.29, 1.82) is 0 Å². The number of hydrogen-bond acceptors (Lipinski definition) is 4. The van der Waals surface area contributed by atoms with Crippen LogP contribution < -0.4 is 4.83 Å². The van der Waals surface area contributed by atoms with E-state index in [1.807, 2.05) is 17.5 Å². The van der Waals surface area contributed by atoms with Gasteiger partial charge in [-0.2, -0.15) is 13.5 Å². The third-order valence-corrected chi connectivity index (χ3v) is 4.33. The molecule has 0 aliphatic rings. The molecule has 0 fully saturated rings. The third-order valence-electron chi connectivity index (χ3n) is 2.03. The van der Waals surface area contributed by atoms with E-state index in [1.165, 1.54) is 41.8 Å². The number of nitrogens with zero attached hydrogens (tertiary/aromatic N) is 1. The molecule has 0 aliphatic heterocycles. The van der Waals surface area contributed by atoms with Gasteiger partial charge in [0.2, 0.25) is 0 Å². The van der Waals surface area contributed by atoms with Crippen LogP contribution in [0.3, 0.4) is 0 Å². The van der Waals surface area contributed by atoms with E-state index in [2.05, 4.69) is 9.93 Å². The van der Waals surface area contributed by atoms with Crippen LogP contribution in [0.4, 0.5) is 0 Å². The molecule has 7 heteroatoms. The largest absolute Gasteiger partial charge is 0.276 e. The molecule has 1 heterocycles. The number of hydrogen-bond donors (Lipinski definition) is 1. The average Bonchev–Trinajstić information content (AvgIpc) is 2.82. The van der Waals surface area contributed by atoms with Gasteiger partial charge in [0.05, 0.1) is 11.1 Å². The molecule has 0 aliphatic carbocycles. The van der Waals surface area contributed by atoms with Gasteiger partial charge < -0.3 is 0 Å². The van der Waals surface area contributed by atoms with Crippen molar-refractivity contribution in [2.45, 2.75) is 4.90 Å². The first-order chi connectivity index (χ1) is 8.58. The fourth-order valence-corrected chi connectivity index (χ4v) is 2.69. The number of halogens is 1. The molecule has 0 amide bonds. The van der Waals surface area contributed by atoms with Gasteiger partial charge in [0.15, 0.2) is 0 Å². The summed E-state index contributed by atoms with van der Waals surface area (Å²) >= 11 is 7.16. The van der Waals surface area contributed by atoms with Crippen LogP contribution in [0, 0.1) is 0 Å². The molecule has 4 nitrogen and oxygen atoms in total. The van der Waals surface area contributed by atoms with E-state index in [1.54, 1.807) is 0 Å². The fourth-order valence-electron chi connectivity index (χ4n) is 1.19. The predicted molar refractivity (Wildman–Crippen MR) is 73.7 cm³/mol. The first-order valence-corrected chi connectivity index (χ1v) is 7.66. The lowest BCUT2D eigenvalue weighted by Gasteiger charge is -2.02. The summed E-state index contributed by atoms with van der Waals surface area (Å²) in [6, 6.07) is 9.57. The second-order valence-electron chi connectivity index (χ2n) is 3.32. The third kappa shape index (κ3) is 3.32. The Morgan fingerprint density at radius 3 is 2.56 bits per heavy atom. The number of rotatable bonds is 4. The Morgan fingerprint density at radius 2 is 1.94 bits per heavy atom. The van der Waals surface area contributed by atoms with Crippen molar-refractivity contribution in [1.82, 2.24) is 4.83 Å². The van der Waals surface area contributed by atoms with Crippen LogP contribution in [0.2, 0.25) is 5.02 Å².